The van der Waals surface area contributed by atoms with Crippen molar-refractivity contribution in [2.24, 2.45) is 5.92 Å². The molecule has 0 unspecified atom stereocenters. The lowest BCUT2D eigenvalue weighted by Gasteiger charge is -2.22. The molecule has 1 saturated heterocycles. The van der Waals surface area contributed by atoms with Crippen LogP contribution in [0.5, 0.6) is 0 Å². The Bertz CT molecular complexity index is 289. The van der Waals surface area contributed by atoms with E-state index in [9.17, 15) is 0 Å². The van der Waals surface area contributed by atoms with Crippen molar-refractivity contribution < 1.29 is 0 Å². The van der Waals surface area contributed by atoms with Crippen LogP contribution in [0.2, 0.25) is 0 Å². The molecular weight excluding hydrogens is 188 g/mol. The third kappa shape index (κ3) is 3.04. The predicted molar refractivity (Wildman–Crippen MR) is 60.6 cm³/mol. The molecule has 4 nitrogen and oxygen atoms in total. The summed E-state index contributed by atoms with van der Waals surface area (Å²) >= 11 is 0. The summed E-state index contributed by atoms with van der Waals surface area (Å²) in [7, 11) is 0. The van der Waals surface area contributed by atoms with E-state index in [0.717, 1.165) is 19.0 Å². The van der Waals surface area contributed by atoms with Gasteiger partial charge in [-0.05, 0) is 45.3 Å². The van der Waals surface area contributed by atoms with E-state index >= 15 is 0 Å². The Balaban J connectivity index is 1.68. The molecule has 15 heavy (non-hydrogen) atoms. The highest BCUT2D eigenvalue weighted by Gasteiger charge is 2.12. The Labute approximate surface area is 90.8 Å². The largest absolute Gasteiger partial charge is 0.317 e. The van der Waals surface area contributed by atoms with Crippen LogP contribution in [0.25, 0.3) is 0 Å². The zero-order valence-electron chi connectivity index (χ0n) is 9.34. The molecule has 1 fully saturated rings. The first kappa shape index (κ1) is 10.6. The van der Waals surface area contributed by atoms with Crippen LogP contribution in [-0.2, 0) is 6.54 Å². The van der Waals surface area contributed by atoms with E-state index in [0.29, 0.717) is 0 Å². The molecule has 4 heteroatoms. The van der Waals surface area contributed by atoms with Crippen molar-refractivity contribution in [3.8, 4) is 0 Å². The zero-order chi connectivity index (χ0) is 10.5. The number of nitrogens with zero attached hydrogens (tertiary/aromatic N) is 1. The first-order valence-corrected chi connectivity index (χ1v) is 5.76. The summed E-state index contributed by atoms with van der Waals surface area (Å²) in [4.78, 5) is 0. The minimum absolute atomic E-state index is 0.846. The third-order valence-corrected chi connectivity index (χ3v) is 3.14. The van der Waals surface area contributed by atoms with Crippen molar-refractivity contribution in [3.63, 3.8) is 0 Å². The average Bonchev–Trinajstić information content (AvgIpc) is 2.66. The molecular formula is C11H20N4. The van der Waals surface area contributed by atoms with Crippen LogP contribution >= 0.6 is 0 Å². The second-order valence-electron chi connectivity index (χ2n) is 4.34. The van der Waals surface area contributed by atoms with Gasteiger partial charge in [-0.25, -0.2) is 0 Å². The molecule has 0 saturated carbocycles. The fourth-order valence-corrected chi connectivity index (χ4v) is 2.05. The van der Waals surface area contributed by atoms with Crippen molar-refractivity contribution in [2.75, 3.05) is 19.6 Å². The lowest BCUT2D eigenvalue weighted by atomic mass is 9.98. The van der Waals surface area contributed by atoms with Gasteiger partial charge < -0.3 is 10.6 Å². The summed E-state index contributed by atoms with van der Waals surface area (Å²) < 4.78 is 0. The smallest absolute Gasteiger partial charge is 0.0535 e. The van der Waals surface area contributed by atoms with Gasteiger partial charge in [-0.3, -0.25) is 5.10 Å². The summed E-state index contributed by atoms with van der Waals surface area (Å²) in [5, 5.41) is 13.9. The van der Waals surface area contributed by atoms with Crippen molar-refractivity contribution in [2.45, 2.75) is 26.3 Å². The van der Waals surface area contributed by atoms with E-state index in [-0.39, 0.29) is 0 Å². The Morgan fingerprint density at radius 2 is 2.27 bits per heavy atom. The molecule has 0 aromatic carbocycles. The average molecular weight is 208 g/mol. The number of aromatic amines is 1. The van der Waals surface area contributed by atoms with Gasteiger partial charge in [-0.1, -0.05) is 0 Å². The summed E-state index contributed by atoms with van der Waals surface area (Å²) in [6.45, 7) is 6.49. The topological polar surface area (TPSA) is 52.7 Å². The molecule has 1 aromatic heterocycles. The van der Waals surface area contributed by atoms with E-state index in [4.69, 9.17) is 0 Å². The van der Waals surface area contributed by atoms with Crippen LogP contribution in [0.4, 0.5) is 0 Å². The highest BCUT2D eigenvalue weighted by molar-refractivity contribution is 5.13. The lowest BCUT2D eigenvalue weighted by Crippen LogP contribution is -2.33. The molecule has 0 aliphatic carbocycles. The van der Waals surface area contributed by atoms with Gasteiger partial charge in [0.25, 0.3) is 0 Å². The fourth-order valence-electron chi connectivity index (χ4n) is 2.05. The maximum Gasteiger partial charge on any atom is 0.0535 e. The maximum absolute atomic E-state index is 4.01. The fraction of sp³-hybridized carbons (Fsp3) is 0.727. The number of nitrogens with one attached hydrogen (secondary N) is 3. The van der Waals surface area contributed by atoms with Gasteiger partial charge >= 0.3 is 0 Å². The molecule has 0 radical (unpaired) electrons. The zero-order valence-corrected chi connectivity index (χ0v) is 9.34. The number of aromatic nitrogens is 2. The third-order valence-electron chi connectivity index (χ3n) is 3.14. The molecule has 84 valence electrons. The van der Waals surface area contributed by atoms with Crippen molar-refractivity contribution >= 4 is 0 Å². The van der Waals surface area contributed by atoms with Crippen molar-refractivity contribution in [1.82, 2.24) is 20.8 Å². The van der Waals surface area contributed by atoms with Crippen LogP contribution in [-0.4, -0.2) is 29.8 Å². The minimum Gasteiger partial charge on any atom is -0.317 e. The monoisotopic (exact) mass is 208 g/mol. The van der Waals surface area contributed by atoms with Crippen LogP contribution in [0.15, 0.2) is 6.20 Å². The number of H-pyrrole nitrogens is 1. The summed E-state index contributed by atoms with van der Waals surface area (Å²) in [5.74, 6) is 0.846. The van der Waals surface area contributed by atoms with Crippen molar-refractivity contribution in [1.29, 1.82) is 0 Å². The van der Waals surface area contributed by atoms with E-state index in [1.807, 2.05) is 6.20 Å². The van der Waals surface area contributed by atoms with E-state index in [1.54, 1.807) is 0 Å². The first-order valence-electron chi connectivity index (χ1n) is 5.76. The van der Waals surface area contributed by atoms with E-state index in [2.05, 4.69) is 27.8 Å². The molecule has 3 N–H and O–H groups in total. The highest BCUT2D eigenvalue weighted by atomic mass is 15.1. The number of aryl methyl sites for hydroxylation is 1. The van der Waals surface area contributed by atoms with E-state index in [1.165, 1.54) is 37.2 Å². The van der Waals surface area contributed by atoms with Crippen molar-refractivity contribution in [3.05, 3.63) is 17.5 Å². The minimum atomic E-state index is 0.846. The maximum atomic E-state index is 4.01. The molecule has 2 heterocycles. The second-order valence-corrected chi connectivity index (χ2v) is 4.34. The standard InChI is InChI=1S/C11H20N4/c1-9-11(8-14-15-9)7-13-6-10-2-4-12-5-3-10/h8,10,12-13H,2-7H2,1H3,(H,14,15). The number of hydrogen-bond donors (Lipinski definition) is 3. The quantitative estimate of drug-likeness (QED) is 0.686. The summed E-state index contributed by atoms with van der Waals surface area (Å²) in [6, 6.07) is 0. The molecule has 1 aliphatic heterocycles. The second kappa shape index (κ2) is 5.28. The summed E-state index contributed by atoms with van der Waals surface area (Å²) in [5.41, 5.74) is 2.46. The van der Waals surface area contributed by atoms with Crippen LogP contribution in [0.1, 0.15) is 24.1 Å². The van der Waals surface area contributed by atoms with Crippen LogP contribution in [0, 0.1) is 12.8 Å². The molecule has 2 rings (SSSR count). The van der Waals surface area contributed by atoms with Gasteiger partial charge in [0, 0.05) is 17.8 Å². The molecule has 0 bridgehead atoms. The van der Waals surface area contributed by atoms with E-state index < -0.39 is 0 Å². The molecule has 0 spiro atoms. The molecule has 1 aliphatic rings. The normalized spacial score (nSPS) is 18.2. The molecule has 0 atom stereocenters. The number of rotatable bonds is 4. The highest BCUT2D eigenvalue weighted by Crippen LogP contribution is 2.10. The Morgan fingerprint density at radius 3 is 2.93 bits per heavy atom. The van der Waals surface area contributed by atoms with Crippen LogP contribution in [0.3, 0.4) is 0 Å². The SMILES string of the molecule is Cc1[nH]ncc1CNCC1CCNCC1. The lowest BCUT2D eigenvalue weighted by molar-refractivity contribution is 0.356. The summed E-state index contributed by atoms with van der Waals surface area (Å²) in [6.07, 6.45) is 4.51. The Kier molecular flexibility index (Phi) is 3.75. The Morgan fingerprint density at radius 1 is 1.47 bits per heavy atom. The molecule has 1 aromatic rings. The number of hydrogen-bond acceptors (Lipinski definition) is 3. The Hall–Kier alpha value is -0.870. The van der Waals surface area contributed by atoms with Gasteiger partial charge in [-0.2, -0.15) is 5.10 Å². The van der Waals surface area contributed by atoms with Gasteiger partial charge in [0.05, 0.1) is 6.20 Å². The van der Waals surface area contributed by atoms with Gasteiger partial charge in [0.2, 0.25) is 0 Å². The first-order chi connectivity index (χ1) is 7.36. The molecule has 0 amide bonds. The predicted octanol–water partition coefficient (Wildman–Crippen LogP) is 0.807. The van der Waals surface area contributed by atoms with Gasteiger partial charge in [0.15, 0.2) is 0 Å². The van der Waals surface area contributed by atoms with Gasteiger partial charge in [-0.15, -0.1) is 0 Å². The van der Waals surface area contributed by atoms with Gasteiger partial charge in [0.1, 0.15) is 0 Å². The number of piperidine rings is 1. The van der Waals surface area contributed by atoms with Crippen LogP contribution < -0.4 is 10.6 Å².